The van der Waals surface area contributed by atoms with Gasteiger partial charge < -0.3 is 10.6 Å². The molecule has 0 aliphatic heterocycles. The van der Waals surface area contributed by atoms with E-state index in [-0.39, 0.29) is 5.91 Å². The van der Waals surface area contributed by atoms with Crippen molar-refractivity contribution in [3.63, 3.8) is 0 Å². The lowest BCUT2D eigenvalue weighted by atomic mass is 10.1. The Balaban J connectivity index is 2.43. The second-order valence-corrected chi connectivity index (χ2v) is 4.49. The highest BCUT2D eigenvalue weighted by atomic mass is 16.2. The molecule has 0 fully saturated rings. The van der Waals surface area contributed by atoms with E-state index in [0.29, 0.717) is 6.42 Å². The largest absolute Gasteiger partial charge is 0.344 e. The first-order chi connectivity index (χ1) is 8.65. The molecule has 0 spiro atoms. The standard InChI is InChI=1S/C15H22N2O/c1-3-4-8-11-17(2)15(18)14(16)12-13-9-6-5-7-10-13/h3,5-7,9-10,14H,1,4,8,11-12,16H2,2H3. The summed E-state index contributed by atoms with van der Waals surface area (Å²) in [6, 6.07) is 9.40. The number of unbranched alkanes of at least 4 members (excludes halogenated alkanes) is 1. The van der Waals surface area contributed by atoms with Crippen LogP contribution in [0.2, 0.25) is 0 Å². The number of carbonyl (C=O) groups is 1. The van der Waals surface area contributed by atoms with Crippen molar-refractivity contribution < 1.29 is 4.79 Å². The van der Waals surface area contributed by atoms with Crippen molar-refractivity contribution in [1.29, 1.82) is 0 Å². The maximum absolute atomic E-state index is 12.0. The van der Waals surface area contributed by atoms with E-state index in [1.807, 2.05) is 36.4 Å². The molecule has 0 heterocycles. The molecule has 0 bridgehead atoms. The molecule has 0 saturated heterocycles. The predicted molar refractivity (Wildman–Crippen MR) is 75.2 cm³/mol. The van der Waals surface area contributed by atoms with Crippen LogP contribution in [0.3, 0.4) is 0 Å². The Morgan fingerprint density at radius 1 is 1.44 bits per heavy atom. The number of benzene rings is 1. The number of nitrogens with zero attached hydrogens (tertiary/aromatic N) is 1. The minimum absolute atomic E-state index is 0.00270. The number of rotatable bonds is 7. The van der Waals surface area contributed by atoms with Crippen molar-refractivity contribution in [2.75, 3.05) is 13.6 Å². The Bertz CT molecular complexity index is 375. The van der Waals surface area contributed by atoms with Crippen LogP contribution in [-0.4, -0.2) is 30.4 Å². The fourth-order valence-electron chi connectivity index (χ4n) is 1.82. The normalized spacial score (nSPS) is 11.9. The molecule has 1 aromatic carbocycles. The van der Waals surface area contributed by atoms with E-state index in [0.717, 1.165) is 24.9 Å². The molecule has 0 radical (unpaired) electrons. The molecule has 3 nitrogen and oxygen atoms in total. The van der Waals surface area contributed by atoms with Crippen molar-refractivity contribution >= 4 is 5.91 Å². The van der Waals surface area contributed by atoms with E-state index in [2.05, 4.69) is 6.58 Å². The number of amides is 1. The Kier molecular flexibility index (Phi) is 6.15. The first-order valence-corrected chi connectivity index (χ1v) is 6.30. The van der Waals surface area contributed by atoms with Crippen molar-refractivity contribution in [3.8, 4) is 0 Å². The number of likely N-dealkylation sites (N-methyl/N-ethyl adjacent to an activating group) is 1. The molecule has 3 heteroatoms. The summed E-state index contributed by atoms with van der Waals surface area (Å²) >= 11 is 0. The third-order valence-electron chi connectivity index (χ3n) is 2.89. The lowest BCUT2D eigenvalue weighted by Gasteiger charge is -2.21. The second kappa shape index (κ2) is 7.67. The zero-order valence-corrected chi connectivity index (χ0v) is 11.0. The molecule has 1 rings (SSSR count). The Hall–Kier alpha value is -1.61. The average molecular weight is 246 g/mol. The Morgan fingerprint density at radius 2 is 2.11 bits per heavy atom. The number of nitrogens with two attached hydrogens (primary N) is 1. The summed E-state index contributed by atoms with van der Waals surface area (Å²) in [4.78, 5) is 13.7. The number of carbonyl (C=O) groups excluding carboxylic acids is 1. The van der Waals surface area contributed by atoms with Gasteiger partial charge in [0.15, 0.2) is 0 Å². The minimum Gasteiger partial charge on any atom is -0.344 e. The molecule has 1 aromatic rings. The number of hydrogen-bond acceptors (Lipinski definition) is 2. The highest BCUT2D eigenvalue weighted by molar-refractivity contribution is 5.81. The van der Waals surface area contributed by atoms with Crippen LogP contribution >= 0.6 is 0 Å². The second-order valence-electron chi connectivity index (χ2n) is 4.49. The van der Waals surface area contributed by atoms with E-state index in [1.54, 1.807) is 11.9 Å². The lowest BCUT2D eigenvalue weighted by molar-refractivity contribution is -0.131. The summed E-state index contributed by atoms with van der Waals surface area (Å²) in [5, 5.41) is 0. The number of allylic oxidation sites excluding steroid dienone is 1. The Morgan fingerprint density at radius 3 is 2.72 bits per heavy atom. The van der Waals surface area contributed by atoms with Gasteiger partial charge in [-0.25, -0.2) is 0 Å². The molecule has 98 valence electrons. The monoisotopic (exact) mass is 246 g/mol. The van der Waals surface area contributed by atoms with Crippen LogP contribution in [-0.2, 0) is 11.2 Å². The first kappa shape index (κ1) is 14.5. The Labute approximate surface area is 109 Å². The van der Waals surface area contributed by atoms with Crippen LogP contribution in [0.4, 0.5) is 0 Å². The van der Waals surface area contributed by atoms with Crippen LogP contribution in [0.1, 0.15) is 18.4 Å². The molecule has 0 saturated carbocycles. The van der Waals surface area contributed by atoms with Gasteiger partial charge in [-0.2, -0.15) is 0 Å². The number of hydrogen-bond donors (Lipinski definition) is 1. The van der Waals surface area contributed by atoms with Gasteiger partial charge in [-0.3, -0.25) is 4.79 Å². The van der Waals surface area contributed by atoms with Gasteiger partial charge in [-0.05, 0) is 24.8 Å². The first-order valence-electron chi connectivity index (χ1n) is 6.30. The molecule has 2 N–H and O–H groups in total. The summed E-state index contributed by atoms with van der Waals surface area (Å²) in [5.41, 5.74) is 7.04. The van der Waals surface area contributed by atoms with Crippen LogP contribution < -0.4 is 5.73 Å². The van der Waals surface area contributed by atoms with Gasteiger partial charge in [0.25, 0.3) is 0 Å². The highest BCUT2D eigenvalue weighted by Crippen LogP contribution is 2.04. The van der Waals surface area contributed by atoms with Gasteiger partial charge in [0.1, 0.15) is 0 Å². The van der Waals surface area contributed by atoms with Crippen molar-refractivity contribution in [3.05, 3.63) is 48.6 Å². The van der Waals surface area contributed by atoms with Gasteiger partial charge in [0.05, 0.1) is 6.04 Å². The van der Waals surface area contributed by atoms with Gasteiger partial charge in [0.2, 0.25) is 5.91 Å². The summed E-state index contributed by atoms with van der Waals surface area (Å²) in [7, 11) is 1.80. The molecule has 18 heavy (non-hydrogen) atoms. The zero-order chi connectivity index (χ0) is 13.4. The van der Waals surface area contributed by atoms with E-state index in [4.69, 9.17) is 5.73 Å². The SMILES string of the molecule is C=CCCCN(C)C(=O)C(N)Cc1ccccc1. The maximum atomic E-state index is 12.0. The third-order valence-corrected chi connectivity index (χ3v) is 2.89. The van der Waals surface area contributed by atoms with Gasteiger partial charge in [-0.1, -0.05) is 36.4 Å². The fourth-order valence-corrected chi connectivity index (χ4v) is 1.82. The average Bonchev–Trinajstić information content (AvgIpc) is 2.39. The smallest absolute Gasteiger partial charge is 0.239 e. The summed E-state index contributed by atoms with van der Waals surface area (Å²) in [6.45, 7) is 4.39. The molecule has 0 aliphatic rings. The predicted octanol–water partition coefficient (Wildman–Crippen LogP) is 1.98. The van der Waals surface area contributed by atoms with Gasteiger partial charge in [0, 0.05) is 13.6 Å². The van der Waals surface area contributed by atoms with E-state index in [1.165, 1.54) is 0 Å². The molecule has 1 unspecified atom stereocenters. The van der Waals surface area contributed by atoms with E-state index in [9.17, 15) is 4.79 Å². The van der Waals surface area contributed by atoms with Gasteiger partial charge in [-0.15, -0.1) is 6.58 Å². The zero-order valence-electron chi connectivity index (χ0n) is 11.0. The fraction of sp³-hybridized carbons (Fsp3) is 0.400. The minimum atomic E-state index is -0.457. The highest BCUT2D eigenvalue weighted by Gasteiger charge is 2.17. The van der Waals surface area contributed by atoms with Crippen molar-refractivity contribution in [1.82, 2.24) is 4.90 Å². The summed E-state index contributed by atoms with van der Waals surface area (Å²) < 4.78 is 0. The molecular weight excluding hydrogens is 224 g/mol. The van der Waals surface area contributed by atoms with Crippen LogP contribution in [0, 0.1) is 0 Å². The molecular formula is C15H22N2O. The quantitative estimate of drug-likeness (QED) is 0.590. The van der Waals surface area contributed by atoms with Crippen LogP contribution in [0.5, 0.6) is 0 Å². The topological polar surface area (TPSA) is 46.3 Å². The summed E-state index contributed by atoms with van der Waals surface area (Å²) in [5.74, 6) is 0.00270. The van der Waals surface area contributed by atoms with Crippen molar-refractivity contribution in [2.24, 2.45) is 5.73 Å². The molecule has 0 aliphatic carbocycles. The van der Waals surface area contributed by atoms with Crippen molar-refractivity contribution in [2.45, 2.75) is 25.3 Å². The van der Waals surface area contributed by atoms with E-state index >= 15 is 0 Å². The summed E-state index contributed by atoms with van der Waals surface area (Å²) in [6.07, 6.45) is 4.31. The van der Waals surface area contributed by atoms with Crippen LogP contribution in [0.15, 0.2) is 43.0 Å². The molecule has 1 atom stereocenters. The van der Waals surface area contributed by atoms with E-state index < -0.39 is 6.04 Å². The third kappa shape index (κ3) is 4.72. The van der Waals surface area contributed by atoms with Gasteiger partial charge >= 0.3 is 0 Å². The lowest BCUT2D eigenvalue weighted by Crippen LogP contribution is -2.43. The molecule has 1 amide bonds. The molecule has 0 aromatic heterocycles. The van der Waals surface area contributed by atoms with Crippen LogP contribution in [0.25, 0.3) is 0 Å². The maximum Gasteiger partial charge on any atom is 0.239 e.